The van der Waals surface area contributed by atoms with Gasteiger partial charge >= 0.3 is 0 Å². The van der Waals surface area contributed by atoms with Gasteiger partial charge in [0.2, 0.25) is 17.6 Å². The van der Waals surface area contributed by atoms with Gasteiger partial charge in [-0.25, -0.2) is 0 Å². The molecule has 0 saturated carbocycles. The number of nitrogens with zero attached hydrogens (tertiary/aromatic N) is 4. The molecule has 0 radical (unpaired) electrons. The van der Waals surface area contributed by atoms with Crippen molar-refractivity contribution in [2.75, 3.05) is 6.54 Å². The Morgan fingerprint density at radius 3 is 2.55 bits per heavy atom. The van der Waals surface area contributed by atoms with Crippen LogP contribution in [0.5, 0.6) is 0 Å². The number of hydrogen-bond donors (Lipinski definition) is 0. The molecule has 1 atom stereocenters. The fourth-order valence-corrected chi connectivity index (χ4v) is 3.02. The number of carbonyl (C=O) groups is 1. The van der Waals surface area contributed by atoms with Gasteiger partial charge in [-0.1, -0.05) is 42.4 Å². The first-order valence-electron chi connectivity index (χ1n) is 10.1. The molecule has 0 bridgehead atoms. The summed E-state index contributed by atoms with van der Waals surface area (Å²) in [6, 6.07) is 15.7. The van der Waals surface area contributed by atoms with Crippen molar-refractivity contribution in [3.63, 3.8) is 0 Å². The van der Waals surface area contributed by atoms with Crippen LogP contribution in [0.15, 0.2) is 65.2 Å². The number of aromatic nitrogens is 2. The van der Waals surface area contributed by atoms with Gasteiger partial charge in [-0.05, 0) is 37.1 Å². The van der Waals surface area contributed by atoms with Crippen LogP contribution >= 0.6 is 0 Å². The summed E-state index contributed by atoms with van der Waals surface area (Å²) in [6.45, 7) is 4.48. The van der Waals surface area contributed by atoms with Crippen molar-refractivity contribution >= 4 is 17.7 Å². The number of hydrogen-bond acceptors (Lipinski definition) is 6. The minimum Gasteiger partial charge on any atom is -0.339 e. The number of non-ortho nitro benzene ring substituents is 1. The molecule has 1 aromatic heterocycles. The van der Waals surface area contributed by atoms with Crippen molar-refractivity contribution < 1.29 is 14.2 Å². The summed E-state index contributed by atoms with van der Waals surface area (Å²) < 4.78 is 5.32. The standard InChI is InChI=1S/C23H24N4O4/c1-3-17(2)26(22(28)14-9-18-7-5-4-6-8-18)16-15-21-24-23(25-31-21)19-10-12-20(13-11-19)27(29)30/h4-14,17H,3,15-16H2,1-2H3/b14-9+. The van der Waals surface area contributed by atoms with Crippen LogP contribution in [0.3, 0.4) is 0 Å². The molecular formula is C23H24N4O4. The van der Waals surface area contributed by atoms with Gasteiger partial charge in [0.25, 0.3) is 5.69 Å². The quantitative estimate of drug-likeness (QED) is 0.286. The van der Waals surface area contributed by atoms with E-state index in [4.69, 9.17) is 4.52 Å². The van der Waals surface area contributed by atoms with E-state index in [9.17, 15) is 14.9 Å². The highest BCUT2D eigenvalue weighted by molar-refractivity contribution is 5.92. The Labute approximate surface area is 180 Å². The Balaban J connectivity index is 1.66. The maximum Gasteiger partial charge on any atom is 0.269 e. The molecule has 2 aromatic carbocycles. The first-order chi connectivity index (χ1) is 15.0. The summed E-state index contributed by atoms with van der Waals surface area (Å²) in [5.41, 5.74) is 1.59. The van der Waals surface area contributed by atoms with Crippen molar-refractivity contribution in [1.29, 1.82) is 0 Å². The van der Waals surface area contributed by atoms with E-state index >= 15 is 0 Å². The third kappa shape index (κ3) is 5.85. The molecule has 0 aliphatic heterocycles. The van der Waals surface area contributed by atoms with Crippen LogP contribution < -0.4 is 0 Å². The fourth-order valence-electron chi connectivity index (χ4n) is 3.02. The zero-order valence-corrected chi connectivity index (χ0v) is 17.5. The van der Waals surface area contributed by atoms with Gasteiger partial charge in [0.15, 0.2) is 0 Å². The molecule has 0 aliphatic carbocycles. The van der Waals surface area contributed by atoms with Crippen molar-refractivity contribution in [1.82, 2.24) is 15.0 Å². The molecule has 0 N–H and O–H groups in total. The summed E-state index contributed by atoms with van der Waals surface area (Å²) >= 11 is 0. The number of nitro benzene ring substituents is 1. The Morgan fingerprint density at radius 2 is 1.90 bits per heavy atom. The monoisotopic (exact) mass is 420 g/mol. The minimum absolute atomic E-state index is 0.00117. The zero-order chi connectivity index (χ0) is 22.2. The number of carbonyl (C=O) groups excluding carboxylic acids is 1. The summed E-state index contributed by atoms with van der Waals surface area (Å²) in [7, 11) is 0. The van der Waals surface area contributed by atoms with Crippen LogP contribution in [0, 0.1) is 10.1 Å². The molecule has 1 amide bonds. The van der Waals surface area contributed by atoms with Gasteiger partial charge in [0, 0.05) is 42.8 Å². The summed E-state index contributed by atoms with van der Waals surface area (Å²) in [4.78, 5) is 29.2. The van der Waals surface area contributed by atoms with Crippen molar-refractivity contribution in [2.24, 2.45) is 0 Å². The Morgan fingerprint density at radius 1 is 1.19 bits per heavy atom. The van der Waals surface area contributed by atoms with Crippen LogP contribution in [-0.2, 0) is 11.2 Å². The van der Waals surface area contributed by atoms with E-state index in [0.717, 1.165) is 12.0 Å². The van der Waals surface area contributed by atoms with E-state index in [1.807, 2.05) is 44.2 Å². The largest absolute Gasteiger partial charge is 0.339 e. The molecule has 0 aliphatic rings. The van der Waals surface area contributed by atoms with E-state index in [2.05, 4.69) is 10.1 Å². The Hall–Kier alpha value is -3.81. The molecule has 0 fully saturated rings. The van der Waals surface area contributed by atoms with E-state index in [1.165, 1.54) is 12.1 Å². The topological polar surface area (TPSA) is 102 Å². The number of nitro groups is 1. The lowest BCUT2D eigenvalue weighted by Crippen LogP contribution is -2.38. The molecule has 1 unspecified atom stereocenters. The van der Waals surface area contributed by atoms with Crippen LogP contribution in [-0.4, -0.2) is 38.5 Å². The predicted octanol–water partition coefficient (Wildman–Crippen LogP) is 4.53. The van der Waals surface area contributed by atoms with Gasteiger partial charge in [-0.3, -0.25) is 14.9 Å². The molecule has 1 heterocycles. The second-order valence-electron chi connectivity index (χ2n) is 7.10. The van der Waals surface area contributed by atoms with Gasteiger partial charge < -0.3 is 9.42 Å². The van der Waals surface area contributed by atoms with E-state index in [-0.39, 0.29) is 17.6 Å². The highest BCUT2D eigenvalue weighted by atomic mass is 16.6. The summed E-state index contributed by atoms with van der Waals surface area (Å²) in [5, 5.41) is 14.7. The van der Waals surface area contributed by atoms with Gasteiger partial charge in [0.05, 0.1) is 4.92 Å². The van der Waals surface area contributed by atoms with E-state index < -0.39 is 4.92 Å². The zero-order valence-electron chi connectivity index (χ0n) is 17.5. The number of benzene rings is 2. The van der Waals surface area contributed by atoms with Crippen molar-refractivity contribution in [2.45, 2.75) is 32.7 Å². The molecular weight excluding hydrogens is 396 g/mol. The first-order valence-corrected chi connectivity index (χ1v) is 10.1. The maximum absolute atomic E-state index is 12.8. The van der Waals surface area contributed by atoms with E-state index in [0.29, 0.717) is 30.2 Å². The highest BCUT2D eigenvalue weighted by Gasteiger charge is 2.18. The van der Waals surface area contributed by atoms with Crippen LogP contribution in [0.1, 0.15) is 31.7 Å². The third-order valence-electron chi connectivity index (χ3n) is 4.99. The summed E-state index contributed by atoms with van der Waals surface area (Å²) in [6.07, 6.45) is 4.62. The predicted molar refractivity (Wildman–Crippen MR) is 117 cm³/mol. The SMILES string of the molecule is CCC(C)N(CCc1nc(-c2ccc([N+](=O)[O-])cc2)no1)C(=O)/C=C/c1ccccc1. The van der Waals surface area contributed by atoms with Crippen LogP contribution in [0.25, 0.3) is 17.5 Å². The van der Waals surface area contributed by atoms with Crippen molar-refractivity contribution in [3.8, 4) is 11.4 Å². The second-order valence-corrected chi connectivity index (χ2v) is 7.10. The molecule has 31 heavy (non-hydrogen) atoms. The third-order valence-corrected chi connectivity index (χ3v) is 4.99. The normalized spacial score (nSPS) is 12.1. The van der Waals surface area contributed by atoms with Gasteiger partial charge in [0.1, 0.15) is 0 Å². The molecule has 0 saturated heterocycles. The highest BCUT2D eigenvalue weighted by Crippen LogP contribution is 2.20. The van der Waals surface area contributed by atoms with Crippen molar-refractivity contribution in [3.05, 3.63) is 82.2 Å². The van der Waals surface area contributed by atoms with Crippen LogP contribution in [0.2, 0.25) is 0 Å². The van der Waals surface area contributed by atoms with Crippen LogP contribution in [0.4, 0.5) is 5.69 Å². The fraction of sp³-hybridized carbons (Fsp3) is 0.261. The smallest absolute Gasteiger partial charge is 0.269 e. The number of amides is 1. The molecule has 0 spiro atoms. The number of rotatable bonds is 9. The van der Waals surface area contributed by atoms with E-state index in [1.54, 1.807) is 29.2 Å². The molecule has 3 rings (SSSR count). The molecule has 8 heteroatoms. The van der Waals surface area contributed by atoms with Gasteiger partial charge in [-0.2, -0.15) is 4.98 Å². The average Bonchev–Trinajstić information content (AvgIpc) is 3.27. The molecule has 3 aromatic rings. The van der Waals surface area contributed by atoms with Gasteiger partial charge in [-0.15, -0.1) is 0 Å². The summed E-state index contributed by atoms with van der Waals surface area (Å²) in [5.74, 6) is 0.685. The minimum atomic E-state index is -0.460. The maximum atomic E-state index is 12.8. The first kappa shape index (κ1) is 21.9. The lowest BCUT2D eigenvalue weighted by Gasteiger charge is -2.27. The lowest BCUT2D eigenvalue weighted by atomic mass is 10.1. The lowest BCUT2D eigenvalue weighted by molar-refractivity contribution is -0.384. The average molecular weight is 420 g/mol. The second kappa shape index (κ2) is 10.3. The Kier molecular flexibility index (Phi) is 7.26. The molecule has 8 nitrogen and oxygen atoms in total. The Bertz CT molecular complexity index is 1040. The molecule has 160 valence electrons.